The average Bonchev–Trinajstić information content (AvgIpc) is 2.16. The fourth-order valence-corrected chi connectivity index (χ4v) is 1.94. The van der Waals surface area contributed by atoms with Gasteiger partial charge in [0.05, 0.1) is 17.9 Å². The van der Waals surface area contributed by atoms with Gasteiger partial charge in [0.2, 0.25) is 0 Å². The van der Waals surface area contributed by atoms with E-state index in [1.165, 1.54) is 6.07 Å². The van der Waals surface area contributed by atoms with Crippen LogP contribution in [0.4, 0.5) is 18.9 Å². The predicted molar refractivity (Wildman–Crippen MR) is 59.5 cm³/mol. The number of rotatable bonds is 3. The molecule has 1 aromatic carbocycles. The largest absolute Gasteiger partial charge is 0.416 e. The third-order valence-corrected chi connectivity index (χ3v) is 2.76. The minimum absolute atomic E-state index is 0.0516. The predicted octanol–water partition coefficient (Wildman–Crippen LogP) is 2.90. The van der Waals surface area contributed by atoms with Gasteiger partial charge in [0.25, 0.3) is 0 Å². The van der Waals surface area contributed by atoms with Gasteiger partial charge in [0, 0.05) is 18.1 Å². The Labute approximate surface area is 99.8 Å². The molecule has 0 radical (unpaired) electrons. The van der Waals surface area contributed by atoms with E-state index in [1.54, 1.807) is 11.9 Å². The van der Waals surface area contributed by atoms with Crippen LogP contribution in [0.5, 0.6) is 0 Å². The molecule has 0 amide bonds. The average molecular weight is 298 g/mol. The van der Waals surface area contributed by atoms with Gasteiger partial charge in [0.1, 0.15) is 0 Å². The lowest BCUT2D eigenvalue weighted by atomic mass is 10.2. The van der Waals surface area contributed by atoms with Crippen LogP contribution in [-0.4, -0.2) is 25.3 Å². The second-order valence-electron chi connectivity index (χ2n) is 3.31. The van der Waals surface area contributed by atoms with E-state index in [0.29, 0.717) is 16.7 Å². The van der Waals surface area contributed by atoms with Crippen molar-refractivity contribution in [2.75, 3.05) is 25.1 Å². The van der Waals surface area contributed by atoms with E-state index < -0.39 is 11.7 Å². The molecule has 0 atom stereocenters. The van der Waals surface area contributed by atoms with Gasteiger partial charge in [-0.05, 0) is 34.1 Å². The summed E-state index contributed by atoms with van der Waals surface area (Å²) in [5.74, 6) is 0. The van der Waals surface area contributed by atoms with E-state index in [-0.39, 0.29) is 6.61 Å². The Bertz CT molecular complexity index is 368. The fraction of sp³-hybridized carbons (Fsp3) is 0.400. The van der Waals surface area contributed by atoms with Crippen LogP contribution in [0, 0.1) is 0 Å². The van der Waals surface area contributed by atoms with Crippen molar-refractivity contribution >= 4 is 21.6 Å². The Morgan fingerprint density at radius 3 is 2.44 bits per heavy atom. The summed E-state index contributed by atoms with van der Waals surface area (Å²) in [7, 11) is 1.70. The Kier molecular flexibility index (Phi) is 4.21. The van der Waals surface area contributed by atoms with E-state index in [4.69, 9.17) is 5.11 Å². The first kappa shape index (κ1) is 13.3. The molecule has 0 heterocycles. The van der Waals surface area contributed by atoms with E-state index in [9.17, 15) is 13.2 Å². The molecular weight excluding hydrogens is 287 g/mol. The highest BCUT2D eigenvalue weighted by molar-refractivity contribution is 9.10. The molecule has 1 aromatic rings. The first-order valence-electron chi connectivity index (χ1n) is 4.55. The molecule has 2 nitrogen and oxygen atoms in total. The van der Waals surface area contributed by atoms with Crippen LogP contribution in [0.15, 0.2) is 22.7 Å². The third-order valence-electron chi connectivity index (χ3n) is 2.12. The van der Waals surface area contributed by atoms with Crippen molar-refractivity contribution in [3.8, 4) is 0 Å². The standard InChI is InChI=1S/C10H11BrF3NO/c1-15(4-5-16)9-3-2-7(6-8(9)11)10(12,13)14/h2-3,6,16H,4-5H2,1H3. The van der Waals surface area contributed by atoms with Gasteiger partial charge in [-0.15, -0.1) is 0 Å². The number of anilines is 1. The molecule has 1 N–H and O–H groups in total. The van der Waals surface area contributed by atoms with Crippen LogP contribution < -0.4 is 4.90 Å². The van der Waals surface area contributed by atoms with E-state index in [2.05, 4.69) is 15.9 Å². The molecule has 0 fully saturated rings. The first-order chi connectivity index (χ1) is 7.36. The SMILES string of the molecule is CN(CCO)c1ccc(C(F)(F)F)cc1Br. The summed E-state index contributed by atoms with van der Waals surface area (Å²) in [6.45, 7) is 0.313. The molecule has 90 valence electrons. The number of nitrogens with zero attached hydrogens (tertiary/aromatic N) is 1. The van der Waals surface area contributed by atoms with Gasteiger partial charge < -0.3 is 10.0 Å². The van der Waals surface area contributed by atoms with Crippen LogP contribution in [0.1, 0.15) is 5.56 Å². The van der Waals surface area contributed by atoms with Crippen molar-refractivity contribution in [1.29, 1.82) is 0 Å². The van der Waals surface area contributed by atoms with Crippen molar-refractivity contribution < 1.29 is 18.3 Å². The summed E-state index contributed by atoms with van der Waals surface area (Å²) in [6, 6.07) is 3.43. The molecule has 0 spiro atoms. The lowest BCUT2D eigenvalue weighted by Crippen LogP contribution is -2.21. The summed E-state index contributed by atoms with van der Waals surface area (Å²) in [4.78, 5) is 1.67. The second kappa shape index (κ2) is 5.05. The zero-order valence-electron chi connectivity index (χ0n) is 8.55. The molecule has 0 aromatic heterocycles. The van der Waals surface area contributed by atoms with Gasteiger partial charge >= 0.3 is 6.18 Å². The number of likely N-dealkylation sites (N-methyl/N-ethyl adjacent to an activating group) is 1. The van der Waals surface area contributed by atoms with Crippen molar-refractivity contribution in [3.05, 3.63) is 28.2 Å². The molecule has 16 heavy (non-hydrogen) atoms. The Morgan fingerprint density at radius 2 is 2.00 bits per heavy atom. The molecular formula is C10H11BrF3NO. The zero-order chi connectivity index (χ0) is 12.3. The van der Waals surface area contributed by atoms with Crippen LogP contribution >= 0.6 is 15.9 Å². The number of alkyl halides is 3. The highest BCUT2D eigenvalue weighted by atomic mass is 79.9. The molecule has 0 saturated heterocycles. The summed E-state index contributed by atoms with van der Waals surface area (Å²) in [6.07, 6.45) is -4.34. The van der Waals surface area contributed by atoms with Gasteiger partial charge in [-0.1, -0.05) is 0 Å². The summed E-state index contributed by atoms with van der Waals surface area (Å²) >= 11 is 3.09. The monoisotopic (exact) mass is 297 g/mol. The van der Waals surface area contributed by atoms with Crippen molar-refractivity contribution in [2.24, 2.45) is 0 Å². The maximum absolute atomic E-state index is 12.4. The maximum atomic E-state index is 12.4. The molecule has 0 aliphatic heterocycles. The number of aliphatic hydroxyl groups is 1. The summed E-state index contributed by atoms with van der Waals surface area (Å²) < 4.78 is 37.5. The quantitative estimate of drug-likeness (QED) is 0.927. The van der Waals surface area contributed by atoms with Gasteiger partial charge in [-0.25, -0.2) is 0 Å². The normalized spacial score (nSPS) is 11.6. The van der Waals surface area contributed by atoms with Crippen molar-refractivity contribution in [2.45, 2.75) is 6.18 Å². The molecule has 0 aliphatic carbocycles. The van der Waals surface area contributed by atoms with Crippen molar-refractivity contribution in [3.63, 3.8) is 0 Å². The third kappa shape index (κ3) is 3.12. The van der Waals surface area contributed by atoms with Crippen LogP contribution in [-0.2, 0) is 6.18 Å². The minimum Gasteiger partial charge on any atom is -0.395 e. The molecule has 6 heteroatoms. The van der Waals surface area contributed by atoms with Crippen LogP contribution in [0.3, 0.4) is 0 Å². The van der Waals surface area contributed by atoms with Gasteiger partial charge in [0.15, 0.2) is 0 Å². The zero-order valence-corrected chi connectivity index (χ0v) is 10.1. The second-order valence-corrected chi connectivity index (χ2v) is 4.16. The van der Waals surface area contributed by atoms with Crippen LogP contribution in [0.25, 0.3) is 0 Å². The lowest BCUT2D eigenvalue weighted by molar-refractivity contribution is -0.137. The molecule has 0 bridgehead atoms. The van der Waals surface area contributed by atoms with Gasteiger partial charge in [-0.2, -0.15) is 13.2 Å². The highest BCUT2D eigenvalue weighted by Gasteiger charge is 2.30. The number of aliphatic hydroxyl groups excluding tert-OH is 1. The van der Waals surface area contributed by atoms with Gasteiger partial charge in [-0.3, -0.25) is 0 Å². The molecule has 0 unspecified atom stereocenters. The van der Waals surface area contributed by atoms with E-state index >= 15 is 0 Å². The summed E-state index contributed by atoms with van der Waals surface area (Å²) in [5.41, 5.74) is -0.0810. The maximum Gasteiger partial charge on any atom is 0.416 e. The Balaban J connectivity index is 3.00. The smallest absolute Gasteiger partial charge is 0.395 e. The Morgan fingerprint density at radius 1 is 1.38 bits per heavy atom. The lowest BCUT2D eigenvalue weighted by Gasteiger charge is -2.20. The van der Waals surface area contributed by atoms with E-state index in [0.717, 1.165) is 12.1 Å². The fourth-order valence-electron chi connectivity index (χ4n) is 1.26. The molecule has 1 rings (SSSR count). The number of hydrogen-bond acceptors (Lipinski definition) is 2. The van der Waals surface area contributed by atoms with Crippen molar-refractivity contribution in [1.82, 2.24) is 0 Å². The number of halogens is 4. The molecule has 0 saturated carbocycles. The minimum atomic E-state index is -4.34. The molecule has 0 aliphatic rings. The summed E-state index contributed by atoms with van der Waals surface area (Å²) in [5, 5.41) is 8.74. The van der Waals surface area contributed by atoms with E-state index in [1.807, 2.05) is 0 Å². The number of benzene rings is 1. The number of hydrogen-bond donors (Lipinski definition) is 1. The Hall–Kier alpha value is -0.750. The topological polar surface area (TPSA) is 23.5 Å². The first-order valence-corrected chi connectivity index (χ1v) is 5.34. The highest BCUT2D eigenvalue weighted by Crippen LogP contribution is 2.34. The van der Waals surface area contributed by atoms with Crippen LogP contribution in [0.2, 0.25) is 0 Å².